The van der Waals surface area contributed by atoms with Gasteiger partial charge in [-0.15, -0.1) is 0 Å². The summed E-state index contributed by atoms with van der Waals surface area (Å²) in [5.41, 5.74) is 0.373. The molecule has 1 unspecified atom stereocenters. The second-order valence-electron chi connectivity index (χ2n) is 11.9. The zero-order valence-electron chi connectivity index (χ0n) is 26.1. The molecule has 0 saturated carbocycles. The summed E-state index contributed by atoms with van der Waals surface area (Å²) >= 11 is 0. The van der Waals surface area contributed by atoms with E-state index in [4.69, 9.17) is 28.8 Å². The van der Waals surface area contributed by atoms with Gasteiger partial charge in [0, 0.05) is 58.0 Å². The Labute approximate surface area is 249 Å². The second kappa shape index (κ2) is 16.1. The fourth-order valence-corrected chi connectivity index (χ4v) is 5.65. The standard InChI is InChI=1S/C31H51NO10/c1-19-18-31(40-8,42-21(3)20(19)2)27(36)28(37)32-29(39-7)23-17-24(38-6)30(4,5)25(41-23)16-22(33)14-12-10-9-11-13-15-26(34)35/h9,11,13,15,20-25,27,29,33,36H,1,10,12,14,16-18H2,2-8H3,(H,32,37)(H,34,35)/b11-9+,15-13+/t20-,21-,22?,23+,24-,25-,27-,29+,31-/m1/s1. The Morgan fingerprint density at radius 2 is 1.88 bits per heavy atom. The molecule has 0 aromatic carbocycles. The van der Waals surface area contributed by atoms with Crippen LogP contribution in [0.15, 0.2) is 36.5 Å². The zero-order valence-corrected chi connectivity index (χ0v) is 26.1. The highest BCUT2D eigenvalue weighted by Crippen LogP contribution is 2.42. The normalized spacial score (nSPS) is 32.1. The predicted octanol–water partition coefficient (Wildman–Crippen LogP) is 3.10. The maximum absolute atomic E-state index is 13.3. The van der Waals surface area contributed by atoms with Gasteiger partial charge in [0.1, 0.15) is 6.10 Å². The summed E-state index contributed by atoms with van der Waals surface area (Å²) in [5, 5.41) is 33.3. The van der Waals surface area contributed by atoms with Crippen molar-refractivity contribution in [1.82, 2.24) is 5.32 Å². The summed E-state index contributed by atoms with van der Waals surface area (Å²) in [4.78, 5) is 23.8. The first-order valence-electron chi connectivity index (χ1n) is 14.6. The van der Waals surface area contributed by atoms with Crippen molar-refractivity contribution in [2.24, 2.45) is 11.3 Å². The van der Waals surface area contributed by atoms with E-state index in [2.05, 4.69) is 11.9 Å². The van der Waals surface area contributed by atoms with Crippen LogP contribution < -0.4 is 5.32 Å². The molecule has 0 aromatic rings. The number of aliphatic hydroxyl groups excluding tert-OH is 2. The van der Waals surface area contributed by atoms with E-state index in [1.54, 1.807) is 13.2 Å². The summed E-state index contributed by atoms with van der Waals surface area (Å²) in [6, 6.07) is 0. The van der Waals surface area contributed by atoms with Crippen LogP contribution in [0.4, 0.5) is 0 Å². The van der Waals surface area contributed by atoms with Gasteiger partial charge in [0.25, 0.3) is 5.91 Å². The van der Waals surface area contributed by atoms with Crippen molar-refractivity contribution in [1.29, 1.82) is 0 Å². The van der Waals surface area contributed by atoms with Crippen molar-refractivity contribution in [2.75, 3.05) is 21.3 Å². The van der Waals surface area contributed by atoms with Crippen molar-refractivity contribution >= 4 is 11.9 Å². The van der Waals surface area contributed by atoms with Gasteiger partial charge in [-0.05, 0) is 26.2 Å². The Morgan fingerprint density at radius 3 is 2.45 bits per heavy atom. The van der Waals surface area contributed by atoms with Crippen LogP contribution in [-0.4, -0.2) is 97.2 Å². The topological polar surface area (TPSA) is 153 Å². The van der Waals surface area contributed by atoms with Gasteiger partial charge in [0.2, 0.25) is 5.79 Å². The quantitative estimate of drug-likeness (QED) is 0.0728. The minimum absolute atomic E-state index is 0.0462. The Bertz CT molecular complexity index is 965. The van der Waals surface area contributed by atoms with E-state index >= 15 is 0 Å². The molecule has 2 rings (SSSR count). The van der Waals surface area contributed by atoms with E-state index in [-0.39, 0.29) is 24.5 Å². The maximum Gasteiger partial charge on any atom is 0.328 e. The van der Waals surface area contributed by atoms with Crippen LogP contribution in [0.2, 0.25) is 0 Å². The van der Waals surface area contributed by atoms with Crippen LogP contribution in [0, 0.1) is 11.3 Å². The Hall–Kier alpha value is -2.12. The van der Waals surface area contributed by atoms with Gasteiger partial charge in [-0.2, -0.15) is 0 Å². The number of carbonyl (C=O) groups excluding carboxylic acids is 1. The molecular weight excluding hydrogens is 546 g/mol. The van der Waals surface area contributed by atoms with E-state index in [1.807, 2.05) is 33.8 Å². The highest BCUT2D eigenvalue weighted by Gasteiger charge is 2.51. The van der Waals surface area contributed by atoms with E-state index in [0.717, 1.165) is 11.6 Å². The molecule has 4 N–H and O–H groups in total. The van der Waals surface area contributed by atoms with Crippen molar-refractivity contribution < 1.29 is 48.6 Å². The maximum atomic E-state index is 13.3. The third kappa shape index (κ3) is 9.19. The highest BCUT2D eigenvalue weighted by atomic mass is 16.7. The monoisotopic (exact) mass is 597 g/mol. The summed E-state index contributed by atoms with van der Waals surface area (Å²) in [7, 11) is 4.45. The van der Waals surface area contributed by atoms with Crippen LogP contribution in [0.5, 0.6) is 0 Å². The van der Waals surface area contributed by atoms with E-state index in [1.165, 1.54) is 20.3 Å². The first kappa shape index (κ1) is 36.1. The van der Waals surface area contributed by atoms with E-state index in [0.29, 0.717) is 32.1 Å². The average molecular weight is 598 g/mol. The van der Waals surface area contributed by atoms with Gasteiger partial charge in [-0.3, -0.25) is 4.79 Å². The number of aliphatic carboxylic acids is 1. The molecule has 2 heterocycles. The van der Waals surface area contributed by atoms with Gasteiger partial charge in [-0.25, -0.2) is 4.79 Å². The van der Waals surface area contributed by atoms with Crippen molar-refractivity contribution in [3.05, 3.63) is 36.5 Å². The fraction of sp³-hybridized carbons (Fsp3) is 0.742. The molecule has 0 aromatic heterocycles. The SMILES string of the molecule is C=C1C[C@](OC)([C@H](O)C(=O)N[C@@H](OC)[C@@H]2C[C@@H](OC)C(C)(C)[C@@H](CC(O)CCC/C=C/C=C/C(=O)O)O2)O[C@H](C)[C@@H]1C. The summed E-state index contributed by atoms with van der Waals surface area (Å²) < 4.78 is 29.5. The first-order valence-corrected chi connectivity index (χ1v) is 14.6. The Balaban J connectivity index is 2.07. The zero-order chi connectivity index (χ0) is 31.7. The van der Waals surface area contributed by atoms with Gasteiger partial charge in [0.05, 0.1) is 24.4 Å². The van der Waals surface area contributed by atoms with E-state index in [9.17, 15) is 19.8 Å². The summed E-state index contributed by atoms with van der Waals surface area (Å²) in [5.74, 6) is -3.27. The molecule has 0 spiro atoms. The first-order chi connectivity index (χ1) is 19.7. The minimum atomic E-state index is -1.66. The number of nitrogens with one attached hydrogen (secondary N) is 1. The molecule has 11 nitrogen and oxygen atoms in total. The highest BCUT2D eigenvalue weighted by molar-refractivity contribution is 5.82. The number of ether oxygens (including phenoxy) is 5. The van der Waals surface area contributed by atoms with Crippen molar-refractivity contribution in [2.45, 2.75) is 115 Å². The molecule has 1 amide bonds. The number of aliphatic hydroxyl groups is 2. The molecule has 11 heteroatoms. The lowest BCUT2D eigenvalue weighted by atomic mass is 9.73. The van der Waals surface area contributed by atoms with Crippen LogP contribution in [-0.2, 0) is 33.3 Å². The minimum Gasteiger partial charge on any atom is -0.478 e. The number of unbranched alkanes of at least 4 members (excludes halogenated alkanes) is 1. The number of amides is 1. The molecule has 9 atom stereocenters. The largest absolute Gasteiger partial charge is 0.478 e. The van der Waals surface area contributed by atoms with E-state index < -0.39 is 53.7 Å². The van der Waals surface area contributed by atoms with Crippen molar-refractivity contribution in [3.8, 4) is 0 Å². The molecule has 0 aliphatic carbocycles. The lowest BCUT2D eigenvalue weighted by Gasteiger charge is -2.49. The van der Waals surface area contributed by atoms with Crippen LogP contribution >= 0.6 is 0 Å². The van der Waals surface area contributed by atoms with Gasteiger partial charge < -0.3 is 44.3 Å². The Morgan fingerprint density at radius 1 is 1.19 bits per heavy atom. The lowest BCUT2D eigenvalue weighted by molar-refractivity contribution is -0.298. The third-order valence-corrected chi connectivity index (χ3v) is 8.70. The number of rotatable bonds is 15. The van der Waals surface area contributed by atoms with Crippen LogP contribution in [0.1, 0.15) is 66.2 Å². The number of carbonyl (C=O) groups is 2. The molecule has 240 valence electrons. The summed E-state index contributed by atoms with van der Waals surface area (Å²) in [6.07, 6.45) is 4.09. The molecule has 0 radical (unpaired) electrons. The molecule has 2 aliphatic heterocycles. The van der Waals surface area contributed by atoms with Crippen LogP contribution in [0.3, 0.4) is 0 Å². The number of allylic oxidation sites excluding steroid dienone is 3. The molecule has 2 fully saturated rings. The fourth-order valence-electron chi connectivity index (χ4n) is 5.65. The molecule has 42 heavy (non-hydrogen) atoms. The second-order valence-corrected chi connectivity index (χ2v) is 11.9. The van der Waals surface area contributed by atoms with Gasteiger partial charge in [-0.1, -0.05) is 51.2 Å². The number of carboxylic acids is 1. The smallest absolute Gasteiger partial charge is 0.328 e. The average Bonchev–Trinajstić information content (AvgIpc) is 2.94. The molecule has 2 aliphatic rings. The molecular formula is C31H51NO10. The van der Waals surface area contributed by atoms with Crippen molar-refractivity contribution in [3.63, 3.8) is 0 Å². The lowest BCUT2D eigenvalue weighted by Crippen LogP contribution is -2.62. The Kier molecular flexibility index (Phi) is 13.8. The third-order valence-electron chi connectivity index (χ3n) is 8.70. The number of methoxy groups -OCH3 is 3. The van der Waals surface area contributed by atoms with Crippen LogP contribution in [0.25, 0.3) is 0 Å². The number of carboxylic acid groups (broad SMARTS) is 1. The van der Waals surface area contributed by atoms with Gasteiger partial charge >= 0.3 is 5.97 Å². The number of hydrogen-bond donors (Lipinski definition) is 4. The predicted molar refractivity (Wildman–Crippen MR) is 156 cm³/mol. The summed E-state index contributed by atoms with van der Waals surface area (Å²) in [6.45, 7) is 11.9. The molecule has 2 saturated heterocycles. The molecule has 0 bridgehead atoms. The van der Waals surface area contributed by atoms with Gasteiger partial charge in [0.15, 0.2) is 12.3 Å². The number of hydrogen-bond acceptors (Lipinski definition) is 9.